The van der Waals surface area contributed by atoms with E-state index in [9.17, 15) is 9.59 Å². The first-order valence-electron chi connectivity index (χ1n) is 10.3. The van der Waals surface area contributed by atoms with E-state index < -0.39 is 0 Å². The zero-order valence-corrected chi connectivity index (χ0v) is 17.8. The Bertz CT molecular complexity index is 923. The zero-order valence-electron chi connectivity index (χ0n) is 17.1. The number of halogens is 1. The number of para-hydroxylation sites is 1. The number of nitrogens with one attached hydrogen (secondary N) is 1. The van der Waals surface area contributed by atoms with Crippen LogP contribution in [0, 0.1) is 12.8 Å². The Labute approximate surface area is 181 Å². The van der Waals surface area contributed by atoms with Crippen molar-refractivity contribution >= 4 is 34.8 Å². The minimum Gasteiger partial charge on any atom is -0.378 e. The van der Waals surface area contributed by atoms with Crippen molar-refractivity contribution in [3.05, 3.63) is 58.6 Å². The second-order valence-corrected chi connectivity index (χ2v) is 8.35. The predicted octanol–water partition coefficient (Wildman–Crippen LogP) is 3.12. The van der Waals surface area contributed by atoms with Gasteiger partial charge < -0.3 is 19.9 Å². The van der Waals surface area contributed by atoms with Gasteiger partial charge in [0.2, 0.25) is 11.8 Å². The molecule has 4 rings (SSSR count). The summed E-state index contributed by atoms with van der Waals surface area (Å²) in [7, 11) is 0. The van der Waals surface area contributed by atoms with Gasteiger partial charge in [-0.1, -0.05) is 29.8 Å². The number of rotatable bonds is 4. The van der Waals surface area contributed by atoms with E-state index in [1.54, 1.807) is 6.07 Å². The lowest BCUT2D eigenvalue weighted by atomic mass is 9.91. The average Bonchev–Trinajstić information content (AvgIpc) is 2.73. The first-order chi connectivity index (χ1) is 14.5. The molecule has 2 aliphatic rings. The zero-order chi connectivity index (χ0) is 21.1. The number of carbonyl (C=O) groups is 2. The van der Waals surface area contributed by atoms with Crippen LogP contribution in [0.2, 0.25) is 5.02 Å². The SMILES string of the molecule is Cc1cc(Cl)cc(NC(=O)CN2CC(C(=O)N3CCOCC3)Cc3ccccc32)c1. The number of morpholine rings is 1. The number of amides is 2. The summed E-state index contributed by atoms with van der Waals surface area (Å²) in [4.78, 5) is 29.8. The first kappa shape index (κ1) is 20.7. The molecular formula is C23H26ClN3O3. The van der Waals surface area contributed by atoms with E-state index in [1.807, 2.05) is 53.1 Å². The maximum absolute atomic E-state index is 13.1. The lowest BCUT2D eigenvalue weighted by Crippen LogP contribution is -2.49. The molecule has 0 spiro atoms. The van der Waals surface area contributed by atoms with E-state index >= 15 is 0 Å². The van der Waals surface area contributed by atoms with Crippen molar-refractivity contribution < 1.29 is 14.3 Å². The van der Waals surface area contributed by atoms with E-state index in [2.05, 4.69) is 5.32 Å². The number of fused-ring (bicyclic) bond motifs is 1. The van der Waals surface area contributed by atoms with Gasteiger partial charge in [0.1, 0.15) is 0 Å². The summed E-state index contributed by atoms with van der Waals surface area (Å²) in [6.45, 7) is 5.06. The first-order valence-corrected chi connectivity index (χ1v) is 10.6. The molecule has 7 heteroatoms. The van der Waals surface area contributed by atoms with E-state index in [1.165, 1.54) is 0 Å². The van der Waals surface area contributed by atoms with Gasteiger partial charge in [-0.3, -0.25) is 9.59 Å². The number of benzene rings is 2. The molecule has 2 aromatic rings. The van der Waals surface area contributed by atoms with Gasteiger partial charge in [0, 0.05) is 36.0 Å². The van der Waals surface area contributed by atoms with Crippen LogP contribution in [-0.4, -0.2) is 56.1 Å². The maximum Gasteiger partial charge on any atom is 0.243 e. The number of hydrogen-bond acceptors (Lipinski definition) is 4. The van der Waals surface area contributed by atoms with Crippen molar-refractivity contribution in [1.82, 2.24) is 4.90 Å². The molecule has 2 amide bonds. The molecule has 1 fully saturated rings. The number of aryl methyl sites for hydroxylation is 1. The number of ether oxygens (including phenoxy) is 1. The molecule has 1 N–H and O–H groups in total. The van der Waals surface area contributed by atoms with Crippen LogP contribution in [0.15, 0.2) is 42.5 Å². The summed E-state index contributed by atoms with van der Waals surface area (Å²) < 4.78 is 5.37. The predicted molar refractivity (Wildman–Crippen MR) is 118 cm³/mol. The molecule has 1 saturated heterocycles. The van der Waals surface area contributed by atoms with Crippen molar-refractivity contribution in [2.45, 2.75) is 13.3 Å². The Morgan fingerprint density at radius 3 is 2.70 bits per heavy atom. The van der Waals surface area contributed by atoms with Crippen molar-refractivity contribution in [2.24, 2.45) is 5.92 Å². The van der Waals surface area contributed by atoms with Crippen molar-refractivity contribution in [3.63, 3.8) is 0 Å². The van der Waals surface area contributed by atoms with Crippen LogP contribution in [0.3, 0.4) is 0 Å². The lowest BCUT2D eigenvalue weighted by molar-refractivity contribution is -0.139. The third kappa shape index (κ3) is 4.77. The molecule has 2 aromatic carbocycles. The monoisotopic (exact) mass is 427 g/mol. The highest BCUT2D eigenvalue weighted by Crippen LogP contribution is 2.30. The molecule has 6 nitrogen and oxygen atoms in total. The second kappa shape index (κ2) is 9.06. The van der Waals surface area contributed by atoms with Gasteiger partial charge in [-0.2, -0.15) is 0 Å². The quantitative estimate of drug-likeness (QED) is 0.814. The van der Waals surface area contributed by atoms with Gasteiger partial charge in [-0.25, -0.2) is 0 Å². The molecule has 0 saturated carbocycles. The molecule has 0 radical (unpaired) electrons. The standard InChI is InChI=1S/C23H26ClN3O3/c1-16-10-19(24)13-20(11-16)25-22(28)15-27-14-18(12-17-4-2-3-5-21(17)27)23(29)26-6-8-30-9-7-26/h2-5,10-11,13,18H,6-9,12,14-15H2,1H3,(H,25,28). The molecule has 2 heterocycles. The summed E-state index contributed by atoms with van der Waals surface area (Å²) in [5.74, 6) is -0.158. The average molecular weight is 428 g/mol. The minimum atomic E-state index is -0.167. The van der Waals surface area contributed by atoms with Crippen molar-refractivity contribution in [2.75, 3.05) is 49.6 Å². The molecular weight excluding hydrogens is 402 g/mol. The van der Waals surface area contributed by atoms with Crippen LogP contribution in [0.4, 0.5) is 11.4 Å². The molecule has 2 aliphatic heterocycles. The van der Waals surface area contributed by atoms with Gasteiger partial charge in [0.05, 0.1) is 25.7 Å². The van der Waals surface area contributed by atoms with Gasteiger partial charge >= 0.3 is 0 Å². The fourth-order valence-corrected chi connectivity index (χ4v) is 4.52. The molecule has 1 atom stereocenters. The Hall–Kier alpha value is -2.57. The number of hydrogen-bond donors (Lipinski definition) is 1. The number of anilines is 2. The van der Waals surface area contributed by atoms with E-state index in [0.717, 1.165) is 16.8 Å². The highest BCUT2D eigenvalue weighted by atomic mass is 35.5. The Kier molecular flexibility index (Phi) is 6.25. The van der Waals surface area contributed by atoms with Crippen molar-refractivity contribution in [1.29, 1.82) is 0 Å². The Balaban J connectivity index is 1.49. The van der Waals surface area contributed by atoms with Crippen LogP contribution >= 0.6 is 11.6 Å². The van der Waals surface area contributed by atoms with Crippen LogP contribution in [0.5, 0.6) is 0 Å². The highest BCUT2D eigenvalue weighted by Gasteiger charge is 2.33. The Morgan fingerprint density at radius 2 is 1.93 bits per heavy atom. The topological polar surface area (TPSA) is 61.9 Å². The third-order valence-electron chi connectivity index (χ3n) is 5.57. The fraction of sp³-hybridized carbons (Fsp3) is 0.391. The van der Waals surface area contributed by atoms with E-state index in [-0.39, 0.29) is 24.3 Å². The van der Waals surface area contributed by atoms with Crippen LogP contribution in [-0.2, 0) is 20.7 Å². The van der Waals surface area contributed by atoms with Gasteiger partial charge in [0.15, 0.2) is 0 Å². The second-order valence-electron chi connectivity index (χ2n) is 7.91. The van der Waals surface area contributed by atoms with Gasteiger partial charge in [0.25, 0.3) is 0 Å². The highest BCUT2D eigenvalue weighted by molar-refractivity contribution is 6.31. The molecule has 0 bridgehead atoms. The van der Waals surface area contributed by atoms with Crippen molar-refractivity contribution in [3.8, 4) is 0 Å². The fourth-order valence-electron chi connectivity index (χ4n) is 4.23. The summed E-state index contributed by atoms with van der Waals surface area (Å²) in [5, 5.41) is 3.52. The van der Waals surface area contributed by atoms with E-state index in [4.69, 9.17) is 16.3 Å². The lowest BCUT2D eigenvalue weighted by Gasteiger charge is -2.38. The Morgan fingerprint density at radius 1 is 1.17 bits per heavy atom. The summed E-state index contributed by atoms with van der Waals surface area (Å²) in [6, 6.07) is 13.5. The maximum atomic E-state index is 13.1. The molecule has 158 valence electrons. The smallest absolute Gasteiger partial charge is 0.243 e. The largest absolute Gasteiger partial charge is 0.378 e. The molecule has 0 aliphatic carbocycles. The number of carbonyl (C=O) groups excluding carboxylic acids is 2. The molecule has 1 unspecified atom stereocenters. The molecule has 0 aromatic heterocycles. The van der Waals surface area contributed by atoms with Crippen LogP contribution in [0.1, 0.15) is 11.1 Å². The van der Waals surface area contributed by atoms with Crippen LogP contribution in [0.25, 0.3) is 0 Å². The third-order valence-corrected chi connectivity index (χ3v) is 5.79. The van der Waals surface area contributed by atoms with Gasteiger partial charge in [-0.15, -0.1) is 0 Å². The molecule has 30 heavy (non-hydrogen) atoms. The summed E-state index contributed by atoms with van der Waals surface area (Å²) in [5.41, 5.74) is 3.77. The van der Waals surface area contributed by atoms with E-state index in [0.29, 0.717) is 50.0 Å². The normalized spacial score (nSPS) is 18.7. The van der Waals surface area contributed by atoms with Gasteiger partial charge in [-0.05, 0) is 48.7 Å². The summed E-state index contributed by atoms with van der Waals surface area (Å²) in [6.07, 6.45) is 0.692. The van der Waals surface area contributed by atoms with Crippen LogP contribution < -0.4 is 10.2 Å². The number of nitrogens with zero attached hydrogens (tertiary/aromatic N) is 2. The minimum absolute atomic E-state index is 0.133. The summed E-state index contributed by atoms with van der Waals surface area (Å²) >= 11 is 6.11.